The highest BCUT2D eigenvalue weighted by atomic mass is 31.2. The van der Waals surface area contributed by atoms with Gasteiger partial charge in [-0.1, -0.05) is 306 Å². The van der Waals surface area contributed by atoms with Gasteiger partial charge in [-0.2, -0.15) is 0 Å². The van der Waals surface area contributed by atoms with Crippen LogP contribution in [0.4, 0.5) is 0 Å². The average molecular weight is 1340 g/mol. The van der Waals surface area contributed by atoms with Gasteiger partial charge in [-0.05, 0) is 49.4 Å². The molecule has 6 atom stereocenters. The fourth-order valence-corrected chi connectivity index (χ4v) is 12.4. The molecule has 17 nitrogen and oxygen atoms in total. The molecule has 3 unspecified atom stereocenters. The number of esters is 4. The Morgan fingerprint density at radius 3 is 0.780 bits per heavy atom. The number of unbranched alkanes of at least 4 members (excludes halogenated alkanes) is 34. The largest absolute Gasteiger partial charge is 0.472 e. The van der Waals surface area contributed by atoms with Crippen LogP contribution in [-0.4, -0.2) is 96.7 Å². The van der Waals surface area contributed by atoms with Crippen LogP contribution in [0.1, 0.15) is 357 Å². The van der Waals surface area contributed by atoms with Crippen LogP contribution >= 0.6 is 15.6 Å². The Kier molecular flexibility index (Phi) is 60.3. The first-order valence-electron chi connectivity index (χ1n) is 37.2. The molecule has 0 aromatic carbocycles. The predicted molar refractivity (Wildman–Crippen MR) is 367 cm³/mol. The van der Waals surface area contributed by atoms with Crippen LogP contribution in [0.25, 0.3) is 0 Å². The van der Waals surface area contributed by atoms with E-state index >= 15 is 0 Å². The molecule has 0 aliphatic carbocycles. The monoisotopic (exact) mass is 1340 g/mol. The van der Waals surface area contributed by atoms with Crippen molar-refractivity contribution >= 4 is 39.5 Å². The van der Waals surface area contributed by atoms with E-state index in [4.69, 9.17) is 37.0 Å². The molecule has 19 heteroatoms. The lowest BCUT2D eigenvalue weighted by Crippen LogP contribution is -2.30. The molecule has 0 aromatic rings. The molecule has 0 radical (unpaired) electrons. The van der Waals surface area contributed by atoms with Gasteiger partial charge in [-0.25, -0.2) is 9.13 Å². The van der Waals surface area contributed by atoms with Crippen molar-refractivity contribution in [1.82, 2.24) is 0 Å². The number of hydrogen-bond donors (Lipinski definition) is 3. The van der Waals surface area contributed by atoms with Crippen molar-refractivity contribution in [3.63, 3.8) is 0 Å². The van der Waals surface area contributed by atoms with Crippen LogP contribution in [0.15, 0.2) is 0 Å². The second kappa shape index (κ2) is 61.6. The van der Waals surface area contributed by atoms with Gasteiger partial charge in [0.2, 0.25) is 0 Å². The first-order valence-corrected chi connectivity index (χ1v) is 40.2. The Morgan fingerprint density at radius 1 is 0.308 bits per heavy atom. The van der Waals surface area contributed by atoms with Gasteiger partial charge in [0.15, 0.2) is 12.2 Å². The average Bonchev–Trinajstić information content (AvgIpc) is 3.67. The first kappa shape index (κ1) is 89.1. The summed E-state index contributed by atoms with van der Waals surface area (Å²) in [5.74, 6) is 0.871. The molecule has 0 fully saturated rings. The zero-order valence-electron chi connectivity index (χ0n) is 59.5. The van der Waals surface area contributed by atoms with Gasteiger partial charge in [-0.15, -0.1) is 0 Å². The van der Waals surface area contributed by atoms with Crippen LogP contribution in [0.5, 0.6) is 0 Å². The third kappa shape index (κ3) is 65.1. The van der Waals surface area contributed by atoms with Gasteiger partial charge in [-0.3, -0.25) is 37.3 Å². The maximum absolute atomic E-state index is 13.0. The Bertz CT molecular complexity index is 1800. The van der Waals surface area contributed by atoms with Gasteiger partial charge in [0.1, 0.15) is 19.3 Å². The fraction of sp³-hybridized carbons (Fsp3) is 0.944. The van der Waals surface area contributed by atoms with E-state index in [0.717, 1.165) is 120 Å². The number of carbonyl (C=O) groups excluding carboxylic acids is 4. The van der Waals surface area contributed by atoms with Crippen molar-refractivity contribution in [2.24, 2.45) is 23.7 Å². The second-order valence-corrected chi connectivity index (χ2v) is 30.6. The predicted octanol–water partition coefficient (Wildman–Crippen LogP) is 20.5. The zero-order chi connectivity index (χ0) is 67.5. The van der Waals surface area contributed by atoms with E-state index in [1.54, 1.807) is 0 Å². The Hall–Kier alpha value is -1.94. The molecule has 0 amide bonds. The molecule has 0 spiro atoms. The molecule has 0 aromatic heterocycles. The summed E-state index contributed by atoms with van der Waals surface area (Å²) in [6.45, 7) is 14.1. The molecule has 3 N–H and O–H groups in total. The Morgan fingerprint density at radius 2 is 0.527 bits per heavy atom. The molecule has 0 aliphatic rings. The minimum absolute atomic E-state index is 0.105. The normalized spacial score (nSPS) is 14.5. The number of phosphoric ester groups is 2. The molecule has 0 aliphatic heterocycles. The first-order chi connectivity index (χ1) is 43.6. The molecule has 0 rings (SSSR count). The van der Waals surface area contributed by atoms with Crippen LogP contribution in [0, 0.1) is 23.7 Å². The summed E-state index contributed by atoms with van der Waals surface area (Å²) in [7, 11) is -9.91. The van der Waals surface area contributed by atoms with Gasteiger partial charge >= 0.3 is 39.5 Å². The number of phosphoric acid groups is 2. The summed E-state index contributed by atoms with van der Waals surface area (Å²) < 4.78 is 68.3. The number of ether oxygens (including phenoxy) is 4. The van der Waals surface area contributed by atoms with Crippen molar-refractivity contribution in [3.8, 4) is 0 Å². The van der Waals surface area contributed by atoms with Crippen molar-refractivity contribution in [2.75, 3.05) is 39.6 Å². The minimum atomic E-state index is -4.95. The van der Waals surface area contributed by atoms with E-state index in [0.29, 0.717) is 31.6 Å². The van der Waals surface area contributed by atoms with E-state index in [2.05, 4.69) is 55.4 Å². The number of aliphatic hydroxyl groups is 1. The molecular weight excluding hydrogens is 1200 g/mol. The third-order valence-corrected chi connectivity index (χ3v) is 18.8. The molecule has 91 heavy (non-hydrogen) atoms. The van der Waals surface area contributed by atoms with Crippen molar-refractivity contribution in [3.05, 3.63) is 0 Å². The van der Waals surface area contributed by atoms with Crippen molar-refractivity contribution < 1.29 is 80.2 Å². The van der Waals surface area contributed by atoms with E-state index in [1.807, 2.05) is 0 Å². The van der Waals surface area contributed by atoms with Gasteiger partial charge in [0.05, 0.1) is 26.4 Å². The maximum atomic E-state index is 13.0. The van der Waals surface area contributed by atoms with E-state index < -0.39 is 97.5 Å². The lowest BCUT2D eigenvalue weighted by atomic mass is 10.00. The van der Waals surface area contributed by atoms with E-state index in [1.165, 1.54) is 148 Å². The highest BCUT2D eigenvalue weighted by Gasteiger charge is 2.30. The topological polar surface area (TPSA) is 237 Å². The molecule has 0 bridgehead atoms. The molecule has 0 saturated heterocycles. The second-order valence-electron chi connectivity index (χ2n) is 27.6. The lowest BCUT2D eigenvalue weighted by Gasteiger charge is -2.21. The van der Waals surface area contributed by atoms with E-state index in [9.17, 15) is 43.2 Å². The molecule has 540 valence electrons. The van der Waals surface area contributed by atoms with Gasteiger partial charge in [0.25, 0.3) is 0 Å². The van der Waals surface area contributed by atoms with Crippen molar-refractivity contribution in [2.45, 2.75) is 375 Å². The van der Waals surface area contributed by atoms with Gasteiger partial charge < -0.3 is 33.8 Å². The molecular formula is C72H140O17P2. The fourth-order valence-electron chi connectivity index (χ4n) is 10.8. The van der Waals surface area contributed by atoms with Crippen LogP contribution < -0.4 is 0 Å². The standard InChI is InChI=1S/C72H140O17P2/c1-9-65(8)51-43-35-30-31-37-45-53-70(75)83-59-68(89-72(77)55-47-39-28-22-18-14-13-16-20-25-33-41-49-63(4)5)61-87-91(80,81)85-57-66(73)56-84-90(78,79)86-60-67(58-82-69(74)52-44-36-29-23-26-34-42-50-64(6)7)88-71(76)54-46-38-27-21-17-12-10-11-15-19-24-32-40-48-62(2)3/h62-68,73H,9-61H2,1-8H3,(H,78,79)(H,80,81)/t65?,66-,67-,68-/m1/s1. The van der Waals surface area contributed by atoms with Crippen LogP contribution in [0.3, 0.4) is 0 Å². The number of aliphatic hydroxyl groups excluding tert-OH is 1. The summed E-state index contributed by atoms with van der Waals surface area (Å²) >= 11 is 0. The highest BCUT2D eigenvalue weighted by Crippen LogP contribution is 2.45. The van der Waals surface area contributed by atoms with Crippen molar-refractivity contribution in [1.29, 1.82) is 0 Å². The van der Waals surface area contributed by atoms with Crippen LogP contribution in [-0.2, 0) is 65.4 Å². The Labute approximate surface area is 556 Å². The smallest absolute Gasteiger partial charge is 0.462 e. The summed E-state index contributed by atoms with van der Waals surface area (Å²) in [5, 5.41) is 10.6. The summed E-state index contributed by atoms with van der Waals surface area (Å²) in [6, 6.07) is 0. The van der Waals surface area contributed by atoms with Gasteiger partial charge in [0, 0.05) is 25.7 Å². The Balaban J connectivity index is 5.24. The third-order valence-electron chi connectivity index (χ3n) is 16.9. The highest BCUT2D eigenvalue weighted by molar-refractivity contribution is 7.47. The molecule has 0 saturated carbocycles. The quantitative estimate of drug-likeness (QED) is 0.0222. The number of rotatable bonds is 69. The SMILES string of the molecule is CCC(C)CCCCCCCCC(=O)OC[C@H](COP(=O)(O)OC[C@H](O)COP(=O)(O)OC[C@@H](COC(=O)CCCCCCCCCC(C)C)OC(=O)CCCCCCCCCCCCCCCC(C)C)OC(=O)CCCCCCCCCCCCCCC(C)C. The minimum Gasteiger partial charge on any atom is -0.462 e. The lowest BCUT2D eigenvalue weighted by molar-refractivity contribution is -0.161. The summed E-state index contributed by atoms with van der Waals surface area (Å²) in [4.78, 5) is 72.6. The summed E-state index contributed by atoms with van der Waals surface area (Å²) in [5.41, 5.74) is 0. The maximum Gasteiger partial charge on any atom is 0.472 e. The van der Waals surface area contributed by atoms with E-state index in [-0.39, 0.29) is 25.7 Å². The molecule has 0 heterocycles. The zero-order valence-corrected chi connectivity index (χ0v) is 61.3. The van der Waals surface area contributed by atoms with Crippen LogP contribution in [0.2, 0.25) is 0 Å². The number of hydrogen-bond acceptors (Lipinski definition) is 15. The number of carbonyl (C=O) groups is 4. The summed E-state index contributed by atoms with van der Waals surface area (Å²) in [6.07, 6.45) is 44.5.